The van der Waals surface area contributed by atoms with E-state index in [0.717, 1.165) is 4.31 Å². The van der Waals surface area contributed by atoms with E-state index in [1.165, 1.54) is 32.2 Å². The molecule has 9 nitrogen and oxygen atoms in total. The number of amides is 1. The number of sulfone groups is 1. The average molecular weight is 406 g/mol. The zero-order chi connectivity index (χ0) is 19.7. The fraction of sp³-hybridized carbons (Fsp3) is 0.533. The molecule has 1 aromatic carbocycles. The number of methoxy groups -OCH3 is 1. The molecule has 1 saturated heterocycles. The van der Waals surface area contributed by atoms with E-state index in [1.54, 1.807) is 6.92 Å². The van der Waals surface area contributed by atoms with Gasteiger partial charge in [-0.2, -0.15) is 4.31 Å². The van der Waals surface area contributed by atoms with Gasteiger partial charge >= 0.3 is 0 Å². The molecule has 2 rings (SSSR count). The minimum absolute atomic E-state index is 0.0128. The molecule has 1 aliphatic rings. The lowest BCUT2D eigenvalue weighted by Crippen LogP contribution is -2.46. The molecule has 1 aromatic rings. The molecule has 0 aromatic heterocycles. The van der Waals surface area contributed by atoms with Crippen molar-refractivity contribution >= 4 is 31.5 Å². The van der Waals surface area contributed by atoms with Crippen molar-refractivity contribution in [2.24, 2.45) is 0 Å². The van der Waals surface area contributed by atoms with Crippen LogP contribution in [0.15, 0.2) is 23.1 Å². The summed E-state index contributed by atoms with van der Waals surface area (Å²) in [5.41, 5.74) is 0.178. The molecule has 1 aliphatic heterocycles. The van der Waals surface area contributed by atoms with Crippen molar-refractivity contribution in [3.05, 3.63) is 18.2 Å². The van der Waals surface area contributed by atoms with E-state index in [0.29, 0.717) is 0 Å². The van der Waals surface area contributed by atoms with Gasteiger partial charge in [0.05, 0.1) is 41.3 Å². The van der Waals surface area contributed by atoms with Crippen molar-refractivity contribution in [2.45, 2.75) is 30.9 Å². The lowest BCUT2D eigenvalue weighted by Gasteiger charge is -2.28. The first-order valence-corrected chi connectivity index (χ1v) is 11.1. The number of aliphatic hydroxyl groups is 1. The Bertz CT molecular complexity index is 897. The van der Waals surface area contributed by atoms with Crippen LogP contribution in [-0.4, -0.2) is 69.5 Å². The van der Waals surface area contributed by atoms with E-state index >= 15 is 0 Å². The van der Waals surface area contributed by atoms with E-state index in [2.05, 4.69) is 5.32 Å². The van der Waals surface area contributed by atoms with Gasteiger partial charge in [0.25, 0.3) is 0 Å². The Kier molecular flexibility index (Phi) is 5.95. The number of nitrogens with one attached hydrogen (secondary N) is 1. The third kappa shape index (κ3) is 4.17. The summed E-state index contributed by atoms with van der Waals surface area (Å²) in [5, 5.41) is 12.5. The van der Waals surface area contributed by atoms with Crippen LogP contribution in [0.25, 0.3) is 0 Å². The number of likely N-dealkylation sites (N-methyl/N-ethyl adjacent to an activating group) is 1. The van der Waals surface area contributed by atoms with Crippen molar-refractivity contribution in [2.75, 3.05) is 30.5 Å². The highest BCUT2D eigenvalue weighted by molar-refractivity contribution is 7.92. The molecular weight excluding hydrogens is 384 g/mol. The fourth-order valence-electron chi connectivity index (χ4n) is 2.94. The Labute approximate surface area is 152 Å². The molecule has 11 heteroatoms. The monoisotopic (exact) mass is 406 g/mol. The summed E-state index contributed by atoms with van der Waals surface area (Å²) in [7, 11) is -6.23. The Morgan fingerprint density at radius 1 is 1.38 bits per heavy atom. The molecule has 0 aliphatic carbocycles. The number of rotatable bonds is 6. The van der Waals surface area contributed by atoms with Gasteiger partial charge in [0.2, 0.25) is 15.9 Å². The van der Waals surface area contributed by atoms with Crippen LogP contribution in [-0.2, 0) is 24.7 Å². The van der Waals surface area contributed by atoms with Gasteiger partial charge in [0, 0.05) is 13.5 Å². The third-order valence-electron chi connectivity index (χ3n) is 4.06. The molecule has 146 valence electrons. The van der Waals surface area contributed by atoms with Crippen LogP contribution in [0.1, 0.15) is 13.8 Å². The van der Waals surface area contributed by atoms with Crippen LogP contribution >= 0.6 is 0 Å². The summed E-state index contributed by atoms with van der Waals surface area (Å²) in [4.78, 5) is 11.2. The number of anilines is 1. The number of nitrogens with zero attached hydrogens (tertiary/aromatic N) is 1. The molecule has 1 heterocycles. The Balaban J connectivity index is 2.46. The molecule has 2 atom stereocenters. The van der Waals surface area contributed by atoms with Crippen LogP contribution in [0.2, 0.25) is 0 Å². The maximum Gasteiger partial charge on any atom is 0.243 e. The van der Waals surface area contributed by atoms with Crippen molar-refractivity contribution in [1.82, 2.24) is 4.31 Å². The predicted octanol–water partition coefficient (Wildman–Crippen LogP) is -0.178. The number of hydrogen-bond acceptors (Lipinski definition) is 7. The lowest BCUT2D eigenvalue weighted by atomic mass is 10.2. The largest absolute Gasteiger partial charge is 0.495 e. The molecule has 0 radical (unpaired) electrons. The second-order valence-corrected chi connectivity index (χ2v) is 10.0. The van der Waals surface area contributed by atoms with Gasteiger partial charge in [-0.25, -0.2) is 16.8 Å². The summed E-state index contributed by atoms with van der Waals surface area (Å²) < 4.78 is 55.6. The van der Waals surface area contributed by atoms with Crippen LogP contribution in [0.4, 0.5) is 5.69 Å². The number of ether oxygens (including phenoxy) is 1. The summed E-state index contributed by atoms with van der Waals surface area (Å²) >= 11 is 0. The Hall–Kier alpha value is -1.69. The molecule has 1 fully saturated rings. The summed E-state index contributed by atoms with van der Waals surface area (Å²) in [6.45, 7) is 2.83. The van der Waals surface area contributed by atoms with Gasteiger partial charge in [-0.3, -0.25) is 4.79 Å². The summed E-state index contributed by atoms with van der Waals surface area (Å²) in [6, 6.07) is 2.89. The minimum atomic E-state index is -4.10. The SMILES string of the molecule is CCN([C@H]1CS(=O)(=O)C[C@@H]1O)S(=O)(=O)c1ccc(OC)c(NC(C)=O)c1. The topological polar surface area (TPSA) is 130 Å². The zero-order valence-corrected chi connectivity index (χ0v) is 16.3. The zero-order valence-electron chi connectivity index (χ0n) is 14.7. The van der Waals surface area contributed by atoms with E-state index < -0.39 is 49.4 Å². The van der Waals surface area contributed by atoms with Gasteiger partial charge in [0.15, 0.2) is 9.84 Å². The first-order valence-electron chi connectivity index (χ1n) is 7.87. The summed E-state index contributed by atoms with van der Waals surface area (Å²) in [6.07, 6.45) is -1.29. The lowest BCUT2D eigenvalue weighted by molar-refractivity contribution is -0.114. The normalized spacial score (nSPS) is 22.3. The number of sulfonamides is 1. The highest BCUT2D eigenvalue weighted by Crippen LogP contribution is 2.31. The second kappa shape index (κ2) is 7.51. The number of benzene rings is 1. The van der Waals surface area contributed by atoms with E-state index in [1.807, 2.05) is 0 Å². The Morgan fingerprint density at radius 3 is 2.50 bits per heavy atom. The van der Waals surface area contributed by atoms with Crippen molar-refractivity contribution in [1.29, 1.82) is 0 Å². The third-order valence-corrected chi connectivity index (χ3v) is 7.76. The van der Waals surface area contributed by atoms with Crippen molar-refractivity contribution < 1.29 is 31.5 Å². The van der Waals surface area contributed by atoms with Gasteiger partial charge in [-0.05, 0) is 18.2 Å². The van der Waals surface area contributed by atoms with Gasteiger partial charge in [0.1, 0.15) is 5.75 Å². The second-order valence-electron chi connectivity index (χ2n) is 5.96. The fourth-order valence-corrected chi connectivity index (χ4v) is 6.52. The molecule has 0 saturated carbocycles. The van der Waals surface area contributed by atoms with E-state index in [4.69, 9.17) is 4.74 Å². The van der Waals surface area contributed by atoms with Crippen LogP contribution in [0, 0.1) is 0 Å². The standard InChI is InChI=1S/C15H22N2O7S2/c1-4-17(13-8-25(20,21)9-14(13)19)26(22,23)11-5-6-15(24-3)12(7-11)16-10(2)18/h5-7,13-14,19H,4,8-9H2,1-3H3,(H,16,18)/t13-,14-/m0/s1. The highest BCUT2D eigenvalue weighted by atomic mass is 32.2. The molecule has 1 amide bonds. The average Bonchev–Trinajstić information content (AvgIpc) is 2.79. The van der Waals surface area contributed by atoms with Gasteiger partial charge < -0.3 is 15.2 Å². The van der Waals surface area contributed by atoms with E-state index in [-0.39, 0.29) is 22.9 Å². The van der Waals surface area contributed by atoms with Crippen molar-refractivity contribution in [3.8, 4) is 5.75 Å². The molecule has 2 N–H and O–H groups in total. The molecular formula is C15H22N2O7S2. The Morgan fingerprint density at radius 2 is 2.04 bits per heavy atom. The number of hydrogen-bond donors (Lipinski definition) is 2. The number of carbonyl (C=O) groups is 1. The predicted molar refractivity (Wildman–Crippen MR) is 95.3 cm³/mol. The van der Waals surface area contributed by atoms with E-state index in [9.17, 15) is 26.7 Å². The first-order chi connectivity index (χ1) is 12.0. The maximum absolute atomic E-state index is 13.0. The van der Waals surface area contributed by atoms with Crippen LogP contribution in [0.5, 0.6) is 5.75 Å². The van der Waals surface area contributed by atoms with Crippen LogP contribution < -0.4 is 10.1 Å². The minimum Gasteiger partial charge on any atom is -0.495 e. The summed E-state index contributed by atoms with van der Waals surface area (Å²) in [5.74, 6) is -1.02. The van der Waals surface area contributed by atoms with Crippen molar-refractivity contribution in [3.63, 3.8) is 0 Å². The number of aliphatic hydroxyl groups excluding tert-OH is 1. The van der Waals surface area contributed by atoms with Gasteiger partial charge in [-0.1, -0.05) is 6.92 Å². The molecule has 0 bridgehead atoms. The quantitative estimate of drug-likeness (QED) is 0.670. The molecule has 0 unspecified atom stereocenters. The molecule has 26 heavy (non-hydrogen) atoms. The van der Waals surface area contributed by atoms with Gasteiger partial charge in [-0.15, -0.1) is 0 Å². The highest BCUT2D eigenvalue weighted by Gasteiger charge is 2.44. The van der Waals surface area contributed by atoms with Crippen LogP contribution in [0.3, 0.4) is 0 Å². The number of carbonyl (C=O) groups excluding carboxylic acids is 1. The maximum atomic E-state index is 13.0. The molecule has 0 spiro atoms. The first kappa shape index (κ1) is 20.6. The smallest absolute Gasteiger partial charge is 0.243 e.